The lowest BCUT2D eigenvalue weighted by atomic mass is 9.78. The number of hydrogen-bond acceptors (Lipinski definition) is 5. The van der Waals surface area contributed by atoms with E-state index in [1.807, 2.05) is 12.3 Å². The average molecular weight is 302 g/mol. The van der Waals surface area contributed by atoms with Crippen LogP contribution < -0.4 is 4.90 Å². The summed E-state index contributed by atoms with van der Waals surface area (Å²) in [4.78, 5) is 25.0. The topological polar surface area (TPSA) is 91.3 Å². The molecule has 2 N–H and O–H groups in total. The summed E-state index contributed by atoms with van der Waals surface area (Å²) < 4.78 is 6.09. The van der Waals surface area contributed by atoms with E-state index in [0.29, 0.717) is 6.54 Å². The van der Waals surface area contributed by atoms with Crippen molar-refractivity contribution in [1.29, 1.82) is 0 Å². The fraction of sp³-hybridized carbons (Fsp3) is 0.533. The van der Waals surface area contributed by atoms with Gasteiger partial charge in [0.2, 0.25) is 0 Å². The van der Waals surface area contributed by atoms with Crippen molar-refractivity contribution in [2.75, 3.05) is 18.0 Å². The van der Waals surface area contributed by atoms with Gasteiger partial charge in [-0.1, -0.05) is 0 Å². The Morgan fingerprint density at radius 3 is 3.09 bits per heavy atom. The summed E-state index contributed by atoms with van der Waals surface area (Å²) in [5, 5.41) is 10.1. The number of carboxylic acid groups (broad SMARTS) is 1. The molecule has 2 aromatic heterocycles. The van der Waals surface area contributed by atoms with Crippen molar-refractivity contribution in [3.8, 4) is 0 Å². The standard InChI is InChI=1S/C15H18N4O3/c20-12(21)6-10-7-19(8-15(22-10)3-1-4-15)14-11-2-5-16-13(11)17-9-18-14/h2,5,9-10H,1,3-4,6-8H2,(H,20,21)(H,16,17,18). The summed E-state index contributed by atoms with van der Waals surface area (Å²) in [5.74, 6) is 0.0343. The number of fused-ring (bicyclic) bond motifs is 1. The molecule has 3 heterocycles. The molecular formula is C15H18N4O3. The first-order valence-corrected chi connectivity index (χ1v) is 7.58. The Balaban J connectivity index is 1.67. The second kappa shape index (κ2) is 4.95. The Morgan fingerprint density at radius 1 is 1.50 bits per heavy atom. The molecule has 1 spiro atoms. The third-order valence-electron chi connectivity index (χ3n) is 4.62. The second-order valence-electron chi connectivity index (χ2n) is 6.19. The highest BCUT2D eigenvalue weighted by molar-refractivity contribution is 5.87. The summed E-state index contributed by atoms with van der Waals surface area (Å²) in [6.45, 7) is 1.31. The second-order valence-corrected chi connectivity index (χ2v) is 6.19. The van der Waals surface area contributed by atoms with E-state index in [9.17, 15) is 4.79 Å². The highest BCUT2D eigenvalue weighted by atomic mass is 16.5. The van der Waals surface area contributed by atoms with Crippen LogP contribution in [0.3, 0.4) is 0 Å². The molecule has 1 unspecified atom stereocenters. The number of nitrogens with one attached hydrogen (secondary N) is 1. The molecule has 0 radical (unpaired) electrons. The van der Waals surface area contributed by atoms with Crippen LogP contribution in [-0.2, 0) is 9.53 Å². The molecule has 0 aromatic carbocycles. The van der Waals surface area contributed by atoms with E-state index in [4.69, 9.17) is 9.84 Å². The number of rotatable bonds is 3. The third kappa shape index (κ3) is 2.21. The number of carboxylic acids is 1. The smallest absolute Gasteiger partial charge is 0.306 e. The van der Waals surface area contributed by atoms with Gasteiger partial charge in [0.25, 0.3) is 0 Å². The highest BCUT2D eigenvalue weighted by Crippen LogP contribution is 2.41. The van der Waals surface area contributed by atoms with Crippen LogP contribution in [0.15, 0.2) is 18.6 Å². The number of morpholine rings is 1. The molecule has 2 fully saturated rings. The average Bonchev–Trinajstić information content (AvgIpc) is 2.92. The van der Waals surface area contributed by atoms with Gasteiger partial charge < -0.3 is 19.7 Å². The molecule has 2 aromatic rings. The van der Waals surface area contributed by atoms with Gasteiger partial charge in [-0.15, -0.1) is 0 Å². The van der Waals surface area contributed by atoms with Gasteiger partial charge in [-0.2, -0.15) is 0 Å². The highest BCUT2D eigenvalue weighted by Gasteiger charge is 2.46. The van der Waals surface area contributed by atoms with Crippen LogP contribution in [0.1, 0.15) is 25.7 Å². The quantitative estimate of drug-likeness (QED) is 0.894. The predicted molar refractivity (Wildman–Crippen MR) is 79.8 cm³/mol. The summed E-state index contributed by atoms with van der Waals surface area (Å²) >= 11 is 0. The minimum Gasteiger partial charge on any atom is -0.481 e. The van der Waals surface area contributed by atoms with Crippen LogP contribution in [-0.4, -0.2) is 50.8 Å². The maximum absolute atomic E-state index is 11.1. The van der Waals surface area contributed by atoms with E-state index in [-0.39, 0.29) is 18.1 Å². The summed E-state index contributed by atoms with van der Waals surface area (Å²) in [5.41, 5.74) is 0.598. The lowest BCUT2D eigenvalue weighted by Crippen LogP contribution is -2.59. The van der Waals surface area contributed by atoms with Gasteiger partial charge in [0, 0.05) is 19.3 Å². The molecular weight excluding hydrogens is 284 g/mol. The van der Waals surface area contributed by atoms with E-state index >= 15 is 0 Å². The number of ether oxygens (including phenoxy) is 1. The van der Waals surface area contributed by atoms with Crippen molar-refractivity contribution in [3.05, 3.63) is 18.6 Å². The van der Waals surface area contributed by atoms with E-state index in [1.54, 1.807) is 6.33 Å². The molecule has 7 heteroatoms. The zero-order chi connectivity index (χ0) is 15.2. The van der Waals surface area contributed by atoms with Crippen LogP contribution >= 0.6 is 0 Å². The minimum atomic E-state index is -0.823. The maximum Gasteiger partial charge on any atom is 0.306 e. The molecule has 116 valence electrons. The fourth-order valence-corrected chi connectivity index (χ4v) is 3.51. The lowest BCUT2D eigenvalue weighted by molar-refractivity contribution is -0.163. The number of H-pyrrole nitrogens is 1. The normalized spacial score (nSPS) is 23.6. The largest absolute Gasteiger partial charge is 0.481 e. The zero-order valence-electron chi connectivity index (χ0n) is 12.2. The van der Waals surface area contributed by atoms with Crippen molar-refractivity contribution >= 4 is 22.8 Å². The number of anilines is 1. The summed E-state index contributed by atoms with van der Waals surface area (Å²) in [7, 11) is 0. The fourth-order valence-electron chi connectivity index (χ4n) is 3.51. The molecule has 0 bridgehead atoms. The van der Waals surface area contributed by atoms with Crippen LogP contribution in [0.5, 0.6) is 0 Å². The first kappa shape index (κ1) is 13.5. The minimum absolute atomic E-state index is 0.0274. The molecule has 1 aliphatic heterocycles. The number of aromatic amines is 1. The molecule has 1 aliphatic carbocycles. The molecule has 22 heavy (non-hydrogen) atoms. The Labute approximate surface area is 127 Å². The molecule has 4 rings (SSSR count). The SMILES string of the molecule is O=C(O)CC1CN(c2ncnc3[nH]ccc23)CC2(CCC2)O1. The number of aliphatic carboxylic acids is 1. The Kier molecular flexibility index (Phi) is 3.04. The molecule has 0 amide bonds. The van der Waals surface area contributed by atoms with Crippen LogP contribution in [0.4, 0.5) is 5.82 Å². The monoisotopic (exact) mass is 302 g/mol. The van der Waals surface area contributed by atoms with Crippen molar-refractivity contribution in [1.82, 2.24) is 15.0 Å². The van der Waals surface area contributed by atoms with Gasteiger partial charge >= 0.3 is 5.97 Å². The molecule has 1 atom stereocenters. The molecule has 7 nitrogen and oxygen atoms in total. The Morgan fingerprint density at radius 2 is 2.36 bits per heavy atom. The number of nitrogens with zero attached hydrogens (tertiary/aromatic N) is 3. The maximum atomic E-state index is 11.1. The lowest BCUT2D eigenvalue weighted by Gasteiger charge is -2.51. The third-order valence-corrected chi connectivity index (χ3v) is 4.62. The molecule has 1 saturated heterocycles. The van der Waals surface area contributed by atoms with E-state index in [0.717, 1.165) is 42.7 Å². The first-order valence-electron chi connectivity index (χ1n) is 7.58. The first-order chi connectivity index (χ1) is 10.7. The van der Waals surface area contributed by atoms with Crippen molar-refractivity contribution in [3.63, 3.8) is 0 Å². The van der Waals surface area contributed by atoms with Crippen LogP contribution in [0.25, 0.3) is 11.0 Å². The summed E-state index contributed by atoms with van der Waals surface area (Å²) in [6, 6.07) is 1.96. The number of aromatic nitrogens is 3. The zero-order valence-corrected chi connectivity index (χ0v) is 12.2. The molecule has 2 aliphatic rings. The van der Waals surface area contributed by atoms with Gasteiger partial charge in [-0.3, -0.25) is 4.79 Å². The van der Waals surface area contributed by atoms with E-state index in [1.165, 1.54) is 0 Å². The van der Waals surface area contributed by atoms with Gasteiger partial charge in [0.05, 0.1) is 23.5 Å². The van der Waals surface area contributed by atoms with Gasteiger partial charge in [0.1, 0.15) is 17.8 Å². The van der Waals surface area contributed by atoms with Crippen LogP contribution in [0.2, 0.25) is 0 Å². The van der Waals surface area contributed by atoms with Crippen molar-refractivity contribution < 1.29 is 14.6 Å². The van der Waals surface area contributed by atoms with Gasteiger partial charge in [0.15, 0.2) is 0 Å². The van der Waals surface area contributed by atoms with Crippen molar-refractivity contribution in [2.24, 2.45) is 0 Å². The summed E-state index contributed by atoms with van der Waals surface area (Å²) in [6.07, 6.45) is 6.23. The van der Waals surface area contributed by atoms with Crippen molar-refractivity contribution in [2.45, 2.75) is 37.4 Å². The molecule has 1 saturated carbocycles. The van der Waals surface area contributed by atoms with E-state index in [2.05, 4.69) is 19.9 Å². The van der Waals surface area contributed by atoms with Gasteiger partial charge in [-0.25, -0.2) is 9.97 Å². The number of carbonyl (C=O) groups is 1. The Bertz CT molecular complexity index is 710. The van der Waals surface area contributed by atoms with Crippen LogP contribution in [0, 0.1) is 0 Å². The Hall–Kier alpha value is -2.15. The number of hydrogen-bond donors (Lipinski definition) is 2. The van der Waals surface area contributed by atoms with Gasteiger partial charge in [-0.05, 0) is 25.3 Å². The predicted octanol–water partition coefficient (Wildman–Crippen LogP) is 1.56. The van der Waals surface area contributed by atoms with E-state index < -0.39 is 5.97 Å².